The lowest BCUT2D eigenvalue weighted by Gasteiger charge is -2.14. The Morgan fingerprint density at radius 1 is 1.55 bits per heavy atom. The van der Waals surface area contributed by atoms with E-state index in [4.69, 9.17) is 4.74 Å². The molecule has 0 aliphatic rings. The van der Waals surface area contributed by atoms with E-state index in [9.17, 15) is 4.79 Å². The molecule has 114 valence electrons. The summed E-state index contributed by atoms with van der Waals surface area (Å²) >= 11 is 0. The molecule has 0 radical (unpaired) electrons. The van der Waals surface area contributed by atoms with E-state index in [2.05, 4.69) is 15.3 Å². The predicted molar refractivity (Wildman–Crippen MR) is 79.4 cm³/mol. The summed E-state index contributed by atoms with van der Waals surface area (Å²) in [7, 11) is 5.56. The minimum atomic E-state index is 0.0616. The smallest absolute Gasteiger partial charge is 0.186 e. The minimum absolute atomic E-state index is 0.0616. The van der Waals surface area contributed by atoms with Gasteiger partial charge in [0, 0.05) is 19.0 Å². The van der Waals surface area contributed by atoms with E-state index in [1.54, 1.807) is 18.0 Å². The van der Waals surface area contributed by atoms with Crippen LogP contribution in [-0.2, 0) is 6.54 Å². The van der Waals surface area contributed by atoms with Crippen molar-refractivity contribution in [3.05, 3.63) is 11.9 Å². The Labute approximate surface area is 121 Å². The van der Waals surface area contributed by atoms with Crippen LogP contribution in [0.1, 0.15) is 30.8 Å². The Kier molecular flexibility index (Phi) is 6.67. The highest BCUT2D eigenvalue weighted by Crippen LogP contribution is 2.20. The van der Waals surface area contributed by atoms with Crippen LogP contribution in [0.15, 0.2) is 6.20 Å². The Balaban J connectivity index is 2.84. The van der Waals surface area contributed by atoms with E-state index in [-0.39, 0.29) is 11.8 Å². The molecule has 1 unspecified atom stereocenters. The second-order valence-corrected chi connectivity index (χ2v) is 5.17. The van der Waals surface area contributed by atoms with E-state index in [1.165, 1.54) is 0 Å². The van der Waals surface area contributed by atoms with Crippen LogP contribution in [0, 0.1) is 0 Å². The Hall–Kier alpha value is -1.40. The minimum Gasteiger partial charge on any atom is -0.493 e. The van der Waals surface area contributed by atoms with Gasteiger partial charge in [-0.15, -0.1) is 0 Å². The molecule has 0 saturated carbocycles. The van der Waals surface area contributed by atoms with Crippen molar-refractivity contribution < 1.29 is 9.53 Å². The molecule has 1 rings (SSSR count). The molecule has 1 aromatic heterocycles. The number of methoxy groups -OCH3 is 1. The summed E-state index contributed by atoms with van der Waals surface area (Å²) in [6.07, 6.45) is 2.05. The largest absolute Gasteiger partial charge is 0.493 e. The highest BCUT2D eigenvalue weighted by atomic mass is 16.5. The number of carbonyl (C=O) groups is 1. The van der Waals surface area contributed by atoms with Crippen LogP contribution < -0.4 is 10.1 Å². The summed E-state index contributed by atoms with van der Waals surface area (Å²) in [6.45, 7) is 6.39. The summed E-state index contributed by atoms with van der Waals surface area (Å²) in [5.41, 5.74) is 0.569. The van der Waals surface area contributed by atoms with Gasteiger partial charge in [-0.05, 0) is 27.6 Å². The standard InChI is InChI=1S/C14H26N4O2/c1-6-15-11(2)9-12(19)14-13(20-5)10-16-18(14)8-7-17(3)4/h10-11,15H,6-9H2,1-5H3. The number of aromatic nitrogens is 2. The van der Waals surface area contributed by atoms with Crippen molar-refractivity contribution in [3.63, 3.8) is 0 Å². The number of hydrogen-bond acceptors (Lipinski definition) is 5. The van der Waals surface area contributed by atoms with E-state index in [1.807, 2.05) is 27.9 Å². The van der Waals surface area contributed by atoms with Crippen molar-refractivity contribution in [2.75, 3.05) is 34.3 Å². The average molecular weight is 282 g/mol. The maximum absolute atomic E-state index is 12.4. The molecule has 0 bridgehead atoms. The normalized spacial score (nSPS) is 12.7. The Bertz CT molecular complexity index is 429. The van der Waals surface area contributed by atoms with Crippen molar-refractivity contribution in [1.82, 2.24) is 20.0 Å². The number of hydrogen-bond donors (Lipinski definition) is 1. The number of nitrogens with zero attached hydrogens (tertiary/aromatic N) is 3. The van der Waals surface area contributed by atoms with Crippen molar-refractivity contribution in [2.45, 2.75) is 32.9 Å². The number of Topliss-reactive ketones (excluding diaryl/α,β-unsaturated/α-hetero) is 1. The van der Waals surface area contributed by atoms with Crippen LogP contribution in [0.25, 0.3) is 0 Å². The third-order valence-electron chi connectivity index (χ3n) is 3.09. The first-order valence-electron chi connectivity index (χ1n) is 7.00. The molecule has 1 N–H and O–H groups in total. The Morgan fingerprint density at radius 3 is 2.80 bits per heavy atom. The zero-order valence-electron chi connectivity index (χ0n) is 13.1. The highest BCUT2D eigenvalue weighted by Gasteiger charge is 2.21. The molecule has 6 nitrogen and oxygen atoms in total. The summed E-state index contributed by atoms with van der Waals surface area (Å²) in [5, 5.41) is 7.50. The fraction of sp³-hybridized carbons (Fsp3) is 0.714. The molecule has 1 atom stereocenters. The molecule has 0 amide bonds. The zero-order chi connectivity index (χ0) is 15.1. The zero-order valence-corrected chi connectivity index (χ0v) is 13.1. The van der Waals surface area contributed by atoms with Crippen LogP contribution in [0.2, 0.25) is 0 Å². The maximum Gasteiger partial charge on any atom is 0.186 e. The van der Waals surface area contributed by atoms with Crippen molar-refractivity contribution in [1.29, 1.82) is 0 Å². The van der Waals surface area contributed by atoms with Gasteiger partial charge in [0.05, 0.1) is 19.9 Å². The van der Waals surface area contributed by atoms with Gasteiger partial charge in [0.15, 0.2) is 11.5 Å². The highest BCUT2D eigenvalue weighted by molar-refractivity contribution is 5.97. The van der Waals surface area contributed by atoms with E-state index >= 15 is 0 Å². The molecule has 1 heterocycles. The summed E-state index contributed by atoms with van der Waals surface area (Å²) in [6, 6.07) is 0.148. The van der Waals surface area contributed by atoms with Crippen LogP contribution in [0.4, 0.5) is 0 Å². The fourth-order valence-electron chi connectivity index (χ4n) is 2.06. The van der Waals surface area contributed by atoms with Crippen molar-refractivity contribution in [3.8, 4) is 5.75 Å². The lowest BCUT2D eigenvalue weighted by molar-refractivity contribution is 0.0957. The van der Waals surface area contributed by atoms with Crippen LogP contribution >= 0.6 is 0 Å². The van der Waals surface area contributed by atoms with Gasteiger partial charge in [-0.3, -0.25) is 9.48 Å². The molecule has 0 spiro atoms. The van der Waals surface area contributed by atoms with Crippen LogP contribution in [0.3, 0.4) is 0 Å². The van der Waals surface area contributed by atoms with E-state index in [0.717, 1.165) is 13.1 Å². The number of likely N-dealkylation sites (N-methyl/N-ethyl adjacent to an activating group) is 1. The first kappa shape index (κ1) is 16.7. The first-order chi connectivity index (χ1) is 9.49. The lowest BCUT2D eigenvalue weighted by atomic mass is 10.1. The third-order valence-corrected chi connectivity index (χ3v) is 3.09. The number of ketones is 1. The quantitative estimate of drug-likeness (QED) is 0.685. The number of nitrogens with one attached hydrogen (secondary N) is 1. The topological polar surface area (TPSA) is 59.4 Å². The van der Waals surface area contributed by atoms with Gasteiger partial charge in [0.1, 0.15) is 5.69 Å². The molecular formula is C14H26N4O2. The van der Waals surface area contributed by atoms with Gasteiger partial charge < -0.3 is 15.0 Å². The second-order valence-electron chi connectivity index (χ2n) is 5.17. The number of rotatable bonds is 9. The molecule has 6 heteroatoms. The van der Waals surface area contributed by atoms with E-state index < -0.39 is 0 Å². The van der Waals surface area contributed by atoms with E-state index in [0.29, 0.717) is 24.4 Å². The predicted octanol–water partition coefficient (Wildman–Crippen LogP) is 1.02. The molecule has 0 aliphatic carbocycles. The number of ether oxygens (including phenoxy) is 1. The molecule has 0 aromatic carbocycles. The molecule has 0 fully saturated rings. The van der Waals surface area contributed by atoms with Gasteiger partial charge >= 0.3 is 0 Å². The first-order valence-corrected chi connectivity index (χ1v) is 7.00. The SMILES string of the molecule is CCNC(C)CC(=O)c1c(OC)cnn1CCN(C)C. The monoisotopic (exact) mass is 282 g/mol. The van der Waals surface area contributed by atoms with Gasteiger partial charge in [-0.2, -0.15) is 5.10 Å². The lowest BCUT2D eigenvalue weighted by Crippen LogP contribution is -2.29. The molecular weight excluding hydrogens is 256 g/mol. The second kappa shape index (κ2) is 8.01. The molecule has 20 heavy (non-hydrogen) atoms. The molecule has 0 aliphatic heterocycles. The summed E-state index contributed by atoms with van der Waals surface area (Å²) in [5.74, 6) is 0.615. The fourth-order valence-corrected chi connectivity index (χ4v) is 2.06. The summed E-state index contributed by atoms with van der Waals surface area (Å²) < 4.78 is 6.99. The van der Waals surface area contributed by atoms with Crippen molar-refractivity contribution >= 4 is 5.78 Å². The molecule has 1 aromatic rings. The number of carbonyl (C=O) groups excluding carboxylic acids is 1. The van der Waals surface area contributed by atoms with Gasteiger partial charge in [-0.25, -0.2) is 0 Å². The Morgan fingerprint density at radius 2 is 2.25 bits per heavy atom. The van der Waals surface area contributed by atoms with Crippen LogP contribution in [0.5, 0.6) is 5.75 Å². The average Bonchev–Trinajstić information content (AvgIpc) is 2.79. The maximum atomic E-state index is 12.4. The van der Waals surface area contributed by atoms with Crippen LogP contribution in [-0.4, -0.2) is 60.8 Å². The third kappa shape index (κ3) is 4.61. The summed E-state index contributed by atoms with van der Waals surface area (Å²) in [4.78, 5) is 14.5. The van der Waals surface area contributed by atoms with Gasteiger partial charge in [0.2, 0.25) is 0 Å². The van der Waals surface area contributed by atoms with Gasteiger partial charge in [-0.1, -0.05) is 6.92 Å². The van der Waals surface area contributed by atoms with Crippen molar-refractivity contribution in [2.24, 2.45) is 0 Å². The van der Waals surface area contributed by atoms with Gasteiger partial charge in [0.25, 0.3) is 0 Å². The molecule has 0 saturated heterocycles.